The van der Waals surface area contributed by atoms with E-state index in [9.17, 15) is 22.8 Å². The summed E-state index contributed by atoms with van der Waals surface area (Å²) in [5.74, 6) is -3.65. The van der Waals surface area contributed by atoms with Crippen LogP contribution in [0.3, 0.4) is 0 Å². The summed E-state index contributed by atoms with van der Waals surface area (Å²) >= 11 is 11.5. The van der Waals surface area contributed by atoms with E-state index in [1.165, 1.54) is 18.2 Å². The molecule has 0 aromatic heterocycles. The van der Waals surface area contributed by atoms with Gasteiger partial charge in [-0.05, 0) is 11.6 Å². The Bertz CT molecular complexity index is 534. The number of halogens is 5. The molecule has 0 saturated heterocycles. The summed E-state index contributed by atoms with van der Waals surface area (Å²) in [6.45, 7) is 0. The lowest BCUT2D eigenvalue weighted by Crippen LogP contribution is -2.39. The van der Waals surface area contributed by atoms with Crippen LogP contribution >= 0.6 is 23.2 Å². The van der Waals surface area contributed by atoms with Crippen molar-refractivity contribution in [3.05, 3.63) is 33.8 Å². The van der Waals surface area contributed by atoms with Crippen molar-refractivity contribution in [2.75, 3.05) is 0 Å². The van der Waals surface area contributed by atoms with Crippen LogP contribution in [-0.2, 0) is 9.59 Å². The first-order valence-corrected chi connectivity index (χ1v) is 5.92. The fraction of sp³-hybridized carbons (Fsp3) is 0.273. The Morgan fingerprint density at radius 2 is 1.90 bits per heavy atom. The Kier molecular flexibility index (Phi) is 5.24. The predicted octanol–water partition coefficient (Wildman–Crippen LogP) is 3.19. The van der Waals surface area contributed by atoms with Crippen LogP contribution < -0.4 is 5.32 Å². The number of carboxylic acid groups (broad SMARTS) is 1. The van der Waals surface area contributed by atoms with Gasteiger partial charge in [-0.15, -0.1) is 0 Å². The Morgan fingerprint density at radius 3 is 2.40 bits per heavy atom. The van der Waals surface area contributed by atoms with Crippen LogP contribution in [0.1, 0.15) is 18.0 Å². The molecule has 1 amide bonds. The van der Waals surface area contributed by atoms with E-state index in [-0.39, 0.29) is 15.6 Å². The molecule has 2 N–H and O–H groups in total. The Labute approximate surface area is 121 Å². The molecule has 0 bridgehead atoms. The number of hydrogen-bond donors (Lipinski definition) is 2. The number of carbonyl (C=O) groups excluding carboxylic acids is 1. The minimum Gasteiger partial charge on any atom is -0.481 e. The Hall–Kier alpha value is -1.47. The van der Waals surface area contributed by atoms with Crippen LogP contribution in [0.4, 0.5) is 13.2 Å². The molecule has 0 fully saturated rings. The molecule has 20 heavy (non-hydrogen) atoms. The number of benzene rings is 1. The molecule has 4 nitrogen and oxygen atoms in total. The summed E-state index contributed by atoms with van der Waals surface area (Å²) in [6.07, 6.45) is -5.89. The molecule has 0 aliphatic rings. The summed E-state index contributed by atoms with van der Waals surface area (Å²) in [7, 11) is 0. The first-order chi connectivity index (χ1) is 9.12. The second-order valence-electron chi connectivity index (χ2n) is 3.76. The van der Waals surface area contributed by atoms with Crippen LogP contribution in [0, 0.1) is 0 Å². The number of hydrogen-bond acceptors (Lipinski definition) is 2. The number of alkyl halides is 3. The highest BCUT2D eigenvalue weighted by Crippen LogP contribution is 2.32. The zero-order valence-electron chi connectivity index (χ0n) is 9.67. The van der Waals surface area contributed by atoms with E-state index in [1.807, 2.05) is 0 Å². The fourth-order valence-corrected chi connectivity index (χ4v) is 1.88. The molecular formula is C11H8Cl2F3NO3. The van der Waals surface area contributed by atoms with Gasteiger partial charge in [-0.2, -0.15) is 13.2 Å². The van der Waals surface area contributed by atoms with Crippen molar-refractivity contribution in [3.63, 3.8) is 0 Å². The number of carbonyl (C=O) groups is 2. The average Bonchev–Trinajstić information content (AvgIpc) is 2.30. The van der Waals surface area contributed by atoms with E-state index in [2.05, 4.69) is 0 Å². The molecule has 0 saturated carbocycles. The molecule has 9 heteroatoms. The van der Waals surface area contributed by atoms with Crippen LogP contribution in [0.15, 0.2) is 18.2 Å². The van der Waals surface area contributed by atoms with Gasteiger partial charge >= 0.3 is 18.1 Å². The van der Waals surface area contributed by atoms with Crippen molar-refractivity contribution in [3.8, 4) is 0 Å². The van der Waals surface area contributed by atoms with Gasteiger partial charge in [0, 0.05) is 0 Å². The highest BCUT2D eigenvalue weighted by atomic mass is 35.5. The smallest absolute Gasteiger partial charge is 0.471 e. The normalized spacial score (nSPS) is 12.8. The first-order valence-electron chi connectivity index (χ1n) is 5.16. The van der Waals surface area contributed by atoms with Crippen molar-refractivity contribution >= 4 is 35.1 Å². The van der Waals surface area contributed by atoms with Gasteiger partial charge in [0.1, 0.15) is 0 Å². The lowest BCUT2D eigenvalue weighted by Gasteiger charge is -2.19. The molecule has 0 spiro atoms. The number of carboxylic acids is 1. The summed E-state index contributed by atoms with van der Waals surface area (Å²) in [6, 6.07) is 2.63. The van der Waals surface area contributed by atoms with Gasteiger partial charge in [0.25, 0.3) is 0 Å². The van der Waals surface area contributed by atoms with Gasteiger partial charge in [-0.25, -0.2) is 0 Å². The van der Waals surface area contributed by atoms with Crippen LogP contribution in [0.2, 0.25) is 10.0 Å². The third-order valence-electron chi connectivity index (χ3n) is 2.30. The SMILES string of the molecule is O=C(O)C[C@@H](NC(=O)C(F)(F)F)c1cccc(Cl)c1Cl. The quantitative estimate of drug-likeness (QED) is 0.891. The molecule has 1 rings (SSSR count). The fourth-order valence-electron chi connectivity index (χ4n) is 1.44. The van der Waals surface area contributed by atoms with Gasteiger partial charge in [-0.3, -0.25) is 9.59 Å². The molecular weight excluding hydrogens is 322 g/mol. The van der Waals surface area contributed by atoms with Crippen LogP contribution in [0.25, 0.3) is 0 Å². The molecule has 0 aliphatic heterocycles. The van der Waals surface area contributed by atoms with E-state index in [0.717, 1.165) is 0 Å². The number of nitrogens with one attached hydrogen (secondary N) is 1. The third-order valence-corrected chi connectivity index (χ3v) is 3.13. The second-order valence-corrected chi connectivity index (χ2v) is 4.55. The second kappa shape index (κ2) is 6.32. The average molecular weight is 330 g/mol. The molecule has 0 heterocycles. The van der Waals surface area contributed by atoms with E-state index < -0.39 is 30.5 Å². The Morgan fingerprint density at radius 1 is 1.30 bits per heavy atom. The van der Waals surface area contributed by atoms with Crippen LogP contribution in [-0.4, -0.2) is 23.2 Å². The molecule has 110 valence electrons. The molecule has 1 aromatic rings. The predicted molar refractivity (Wildman–Crippen MR) is 65.7 cm³/mol. The van der Waals surface area contributed by atoms with Crippen molar-refractivity contribution in [2.24, 2.45) is 0 Å². The largest absolute Gasteiger partial charge is 0.481 e. The summed E-state index contributed by atoms with van der Waals surface area (Å²) in [5.41, 5.74) is -0.000772. The minimum absolute atomic E-state index is 0.000772. The number of rotatable bonds is 4. The van der Waals surface area contributed by atoms with E-state index in [1.54, 1.807) is 5.32 Å². The highest BCUT2D eigenvalue weighted by molar-refractivity contribution is 6.42. The standard InChI is InChI=1S/C11H8Cl2F3NO3/c12-6-3-1-2-5(9(6)13)7(4-8(18)19)17-10(20)11(14,15)16/h1-3,7H,4H2,(H,17,20)(H,18,19)/t7-/m1/s1. The van der Waals surface area contributed by atoms with Crippen molar-refractivity contribution in [1.29, 1.82) is 0 Å². The van der Waals surface area contributed by atoms with E-state index in [4.69, 9.17) is 28.3 Å². The molecule has 0 unspecified atom stereocenters. The van der Waals surface area contributed by atoms with Gasteiger partial charge in [-0.1, -0.05) is 35.3 Å². The topological polar surface area (TPSA) is 66.4 Å². The van der Waals surface area contributed by atoms with Gasteiger partial charge in [0.15, 0.2) is 0 Å². The summed E-state index contributed by atoms with van der Waals surface area (Å²) < 4.78 is 36.7. The lowest BCUT2D eigenvalue weighted by molar-refractivity contribution is -0.174. The van der Waals surface area contributed by atoms with Crippen molar-refractivity contribution in [2.45, 2.75) is 18.6 Å². The number of amides is 1. The summed E-state index contributed by atoms with van der Waals surface area (Å²) in [4.78, 5) is 21.6. The Balaban J connectivity index is 3.10. The maximum absolute atomic E-state index is 12.2. The molecule has 0 radical (unpaired) electrons. The monoisotopic (exact) mass is 329 g/mol. The molecule has 1 atom stereocenters. The van der Waals surface area contributed by atoms with E-state index >= 15 is 0 Å². The number of aliphatic carboxylic acids is 1. The molecule has 0 aliphatic carbocycles. The van der Waals surface area contributed by atoms with Gasteiger partial charge < -0.3 is 10.4 Å². The maximum Gasteiger partial charge on any atom is 0.471 e. The van der Waals surface area contributed by atoms with Crippen molar-refractivity contribution < 1.29 is 27.9 Å². The molecule has 1 aromatic carbocycles. The summed E-state index contributed by atoms with van der Waals surface area (Å²) in [5, 5.41) is 10.2. The zero-order valence-corrected chi connectivity index (χ0v) is 11.2. The van der Waals surface area contributed by atoms with Crippen molar-refractivity contribution in [1.82, 2.24) is 5.32 Å². The zero-order chi connectivity index (χ0) is 15.5. The van der Waals surface area contributed by atoms with Crippen LogP contribution in [0.5, 0.6) is 0 Å². The third kappa shape index (κ3) is 4.28. The minimum atomic E-state index is -5.12. The highest BCUT2D eigenvalue weighted by Gasteiger charge is 2.40. The van der Waals surface area contributed by atoms with E-state index in [0.29, 0.717) is 0 Å². The maximum atomic E-state index is 12.2. The first kappa shape index (κ1) is 16.6. The lowest BCUT2D eigenvalue weighted by atomic mass is 10.0. The van der Waals surface area contributed by atoms with Gasteiger partial charge in [0.05, 0.1) is 22.5 Å². The van der Waals surface area contributed by atoms with Gasteiger partial charge in [0.2, 0.25) is 0 Å².